The first-order valence-electron chi connectivity index (χ1n) is 8.75. The van der Waals surface area contributed by atoms with Gasteiger partial charge in [-0.1, -0.05) is 41.4 Å². The van der Waals surface area contributed by atoms with Crippen molar-refractivity contribution in [2.45, 2.75) is 13.3 Å². The number of pyridine rings is 1. The SMILES string of the molecule is CCNC(=NCCc1ccc(Cl)nc1)NCCNC(=O)c1ccccc1Cl.I. The van der Waals surface area contributed by atoms with Crippen molar-refractivity contribution in [2.75, 3.05) is 26.2 Å². The van der Waals surface area contributed by atoms with Gasteiger partial charge in [-0.05, 0) is 37.1 Å². The third-order valence-electron chi connectivity index (χ3n) is 3.62. The Morgan fingerprint density at radius 3 is 2.50 bits per heavy atom. The highest BCUT2D eigenvalue weighted by atomic mass is 127. The summed E-state index contributed by atoms with van der Waals surface area (Å²) in [7, 11) is 0. The summed E-state index contributed by atoms with van der Waals surface area (Å²) >= 11 is 11.8. The van der Waals surface area contributed by atoms with Crippen LogP contribution < -0.4 is 16.0 Å². The summed E-state index contributed by atoms with van der Waals surface area (Å²) in [6.45, 7) is 4.37. The third kappa shape index (κ3) is 8.62. The molecule has 0 aliphatic heterocycles. The number of hydrogen-bond acceptors (Lipinski definition) is 3. The second-order valence-corrected chi connectivity index (χ2v) is 6.46. The first-order chi connectivity index (χ1) is 13.1. The number of carbonyl (C=O) groups is 1. The molecule has 1 amide bonds. The predicted octanol–water partition coefficient (Wildman–Crippen LogP) is 3.53. The summed E-state index contributed by atoms with van der Waals surface area (Å²) in [5, 5.41) is 10.1. The van der Waals surface area contributed by atoms with Gasteiger partial charge in [0, 0.05) is 32.4 Å². The maximum atomic E-state index is 12.1. The van der Waals surface area contributed by atoms with Gasteiger partial charge in [0.2, 0.25) is 0 Å². The van der Waals surface area contributed by atoms with E-state index in [1.807, 2.05) is 13.0 Å². The molecule has 152 valence electrons. The van der Waals surface area contributed by atoms with Crippen LogP contribution in [0.15, 0.2) is 47.6 Å². The van der Waals surface area contributed by atoms with Gasteiger partial charge in [-0.2, -0.15) is 0 Å². The van der Waals surface area contributed by atoms with Crippen molar-refractivity contribution in [2.24, 2.45) is 4.99 Å². The minimum atomic E-state index is -0.195. The Morgan fingerprint density at radius 2 is 1.82 bits per heavy atom. The lowest BCUT2D eigenvalue weighted by Gasteiger charge is -2.12. The molecule has 0 fully saturated rings. The van der Waals surface area contributed by atoms with Crippen molar-refractivity contribution < 1.29 is 4.79 Å². The van der Waals surface area contributed by atoms with Gasteiger partial charge in [0.15, 0.2) is 5.96 Å². The Labute approximate surface area is 192 Å². The van der Waals surface area contributed by atoms with Crippen LogP contribution in [0.3, 0.4) is 0 Å². The summed E-state index contributed by atoms with van der Waals surface area (Å²) in [4.78, 5) is 20.7. The summed E-state index contributed by atoms with van der Waals surface area (Å²) in [5.74, 6) is 0.506. The quantitative estimate of drug-likeness (QED) is 0.159. The molecule has 1 heterocycles. The average Bonchev–Trinajstić information content (AvgIpc) is 2.67. The molecular formula is C19H24Cl2IN5O. The molecule has 0 radical (unpaired) electrons. The number of halogens is 3. The smallest absolute Gasteiger partial charge is 0.252 e. The zero-order chi connectivity index (χ0) is 19.5. The highest BCUT2D eigenvalue weighted by Crippen LogP contribution is 2.14. The largest absolute Gasteiger partial charge is 0.357 e. The van der Waals surface area contributed by atoms with Crippen molar-refractivity contribution in [1.82, 2.24) is 20.9 Å². The standard InChI is InChI=1S/C19H23Cl2N5O.HI/c1-2-22-19(24-10-9-14-7-8-17(21)26-13-14)25-12-11-23-18(27)15-5-3-4-6-16(15)20;/h3-8,13H,2,9-12H2,1H3,(H,23,27)(H2,22,24,25);1H. The molecule has 0 aliphatic rings. The molecule has 3 N–H and O–H groups in total. The summed E-state index contributed by atoms with van der Waals surface area (Å²) < 4.78 is 0. The fourth-order valence-electron chi connectivity index (χ4n) is 2.29. The summed E-state index contributed by atoms with van der Waals surface area (Å²) in [6, 6.07) is 10.7. The summed E-state index contributed by atoms with van der Waals surface area (Å²) in [6.07, 6.45) is 2.52. The van der Waals surface area contributed by atoms with E-state index in [0.717, 1.165) is 18.5 Å². The highest BCUT2D eigenvalue weighted by molar-refractivity contribution is 14.0. The van der Waals surface area contributed by atoms with Crippen LogP contribution in [0.1, 0.15) is 22.8 Å². The van der Waals surface area contributed by atoms with E-state index in [0.29, 0.717) is 41.3 Å². The fourth-order valence-corrected chi connectivity index (χ4v) is 2.62. The van der Waals surface area contributed by atoms with Crippen LogP contribution in [0.4, 0.5) is 0 Å². The molecule has 0 unspecified atom stereocenters. The van der Waals surface area contributed by atoms with Crippen molar-refractivity contribution in [3.63, 3.8) is 0 Å². The maximum absolute atomic E-state index is 12.1. The van der Waals surface area contributed by atoms with Crippen LogP contribution in [0.25, 0.3) is 0 Å². The lowest BCUT2D eigenvalue weighted by molar-refractivity contribution is 0.0954. The number of nitrogens with zero attached hydrogens (tertiary/aromatic N) is 2. The van der Waals surface area contributed by atoms with E-state index >= 15 is 0 Å². The number of guanidine groups is 1. The van der Waals surface area contributed by atoms with Gasteiger partial charge in [-0.3, -0.25) is 9.79 Å². The monoisotopic (exact) mass is 535 g/mol. The predicted molar refractivity (Wildman–Crippen MR) is 126 cm³/mol. The van der Waals surface area contributed by atoms with E-state index < -0.39 is 0 Å². The number of aliphatic imine (C=N–C) groups is 1. The van der Waals surface area contributed by atoms with Gasteiger partial charge in [0.05, 0.1) is 10.6 Å². The molecule has 0 spiro atoms. The van der Waals surface area contributed by atoms with Gasteiger partial charge >= 0.3 is 0 Å². The lowest BCUT2D eigenvalue weighted by Crippen LogP contribution is -2.41. The van der Waals surface area contributed by atoms with Crippen molar-refractivity contribution in [1.29, 1.82) is 0 Å². The average molecular weight is 536 g/mol. The van der Waals surface area contributed by atoms with Crippen molar-refractivity contribution in [3.05, 3.63) is 63.9 Å². The Morgan fingerprint density at radius 1 is 1.07 bits per heavy atom. The van der Waals surface area contributed by atoms with Gasteiger partial charge in [-0.25, -0.2) is 4.98 Å². The highest BCUT2D eigenvalue weighted by Gasteiger charge is 2.08. The second kappa shape index (κ2) is 13.6. The Bertz CT molecular complexity index is 771. The van der Waals surface area contributed by atoms with Gasteiger partial charge in [-0.15, -0.1) is 24.0 Å². The molecule has 2 rings (SSSR count). The van der Waals surface area contributed by atoms with Gasteiger partial charge in [0.25, 0.3) is 5.91 Å². The van der Waals surface area contributed by atoms with Crippen LogP contribution in [0, 0.1) is 0 Å². The molecule has 0 saturated heterocycles. The third-order valence-corrected chi connectivity index (χ3v) is 4.18. The molecule has 28 heavy (non-hydrogen) atoms. The number of benzene rings is 1. The zero-order valence-electron chi connectivity index (χ0n) is 15.5. The molecule has 0 atom stereocenters. The number of hydrogen-bond donors (Lipinski definition) is 3. The number of aromatic nitrogens is 1. The molecule has 0 saturated carbocycles. The topological polar surface area (TPSA) is 78.4 Å². The second-order valence-electron chi connectivity index (χ2n) is 5.66. The summed E-state index contributed by atoms with van der Waals surface area (Å²) in [5.41, 5.74) is 1.54. The Hall–Kier alpha value is -1.58. The minimum absolute atomic E-state index is 0. The maximum Gasteiger partial charge on any atom is 0.252 e. The molecule has 9 heteroatoms. The molecule has 1 aromatic carbocycles. The van der Waals surface area contributed by atoms with E-state index in [1.165, 1.54) is 0 Å². The van der Waals surface area contributed by atoms with Gasteiger partial charge < -0.3 is 16.0 Å². The van der Waals surface area contributed by atoms with Gasteiger partial charge in [0.1, 0.15) is 5.15 Å². The first kappa shape index (κ1) is 24.5. The number of carbonyl (C=O) groups excluding carboxylic acids is 1. The van der Waals surface area contributed by atoms with E-state index in [2.05, 4.69) is 25.9 Å². The van der Waals surface area contributed by atoms with Crippen LogP contribution in [0.5, 0.6) is 0 Å². The minimum Gasteiger partial charge on any atom is -0.357 e. The Balaban J connectivity index is 0.00000392. The van der Waals surface area contributed by atoms with Crippen molar-refractivity contribution >= 4 is 59.0 Å². The molecule has 1 aromatic heterocycles. The normalized spacial score (nSPS) is 10.8. The lowest BCUT2D eigenvalue weighted by atomic mass is 10.2. The van der Waals surface area contributed by atoms with Crippen LogP contribution in [-0.4, -0.2) is 43.0 Å². The van der Waals surface area contributed by atoms with E-state index in [9.17, 15) is 4.79 Å². The van der Waals surface area contributed by atoms with E-state index in [4.69, 9.17) is 23.2 Å². The molecule has 0 aliphatic carbocycles. The zero-order valence-corrected chi connectivity index (χ0v) is 19.4. The fraction of sp³-hybridized carbons (Fsp3) is 0.316. The number of amides is 1. The molecule has 2 aromatic rings. The molecule has 0 bridgehead atoms. The van der Waals surface area contributed by atoms with Crippen LogP contribution >= 0.6 is 47.2 Å². The Kier molecular flexibility index (Phi) is 11.9. The van der Waals surface area contributed by atoms with Crippen LogP contribution in [-0.2, 0) is 6.42 Å². The van der Waals surface area contributed by atoms with E-state index in [-0.39, 0.29) is 29.9 Å². The van der Waals surface area contributed by atoms with Crippen molar-refractivity contribution in [3.8, 4) is 0 Å². The first-order valence-corrected chi connectivity index (χ1v) is 9.51. The molecular weight excluding hydrogens is 512 g/mol. The number of rotatable bonds is 8. The van der Waals surface area contributed by atoms with E-state index in [1.54, 1.807) is 36.5 Å². The number of nitrogens with one attached hydrogen (secondary N) is 3. The molecule has 6 nitrogen and oxygen atoms in total. The van der Waals surface area contributed by atoms with Crippen LogP contribution in [0.2, 0.25) is 10.2 Å².